The van der Waals surface area contributed by atoms with Gasteiger partial charge in [0.1, 0.15) is 22.0 Å². The number of hydrogen-bond donors (Lipinski definition) is 1. The van der Waals surface area contributed by atoms with E-state index in [0.717, 1.165) is 5.69 Å². The highest BCUT2D eigenvalue weighted by Gasteiger charge is 2.24. The van der Waals surface area contributed by atoms with Crippen LogP contribution >= 0.6 is 23.2 Å². The van der Waals surface area contributed by atoms with Crippen molar-refractivity contribution in [1.29, 1.82) is 0 Å². The molecule has 0 aliphatic rings. The molecule has 4 aromatic rings. The van der Waals surface area contributed by atoms with Crippen molar-refractivity contribution in [2.75, 3.05) is 19.5 Å². The fourth-order valence-corrected chi connectivity index (χ4v) is 4.46. The van der Waals surface area contributed by atoms with Crippen molar-refractivity contribution in [1.82, 2.24) is 0 Å². The van der Waals surface area contributed by atoms with Gasteiger partial charge in [-0.3, -0.25) is 0 Å². The zero-order valence-corrected chi connectivity index (χ0v) is 22.7. The first-order valence-corrected chi connectivity index (χ1v) is 12.5. The SMILES string of the molecule is COc1ccc([C@H](Cc2c(Cl)c[nH+]cc2Cl)OC(=O)c2ccc(F)c(CNc3ccccc3)c2)cc1OC.[OH-]. The van der Waals surface area contributed by atoms with Crippen molar-refractivity contribution in [3.05, 3.63) is 117 Å². The smallest absolute Gasteiger partial charge is 0.338 e. The van der Waals surface area contributed by atoms with Crippen LogP contribution in [0.1, 0.15) is 33.2 Å². The van der Waals surface area contributed by atoms with E-state index in [1.807, 2.05) is 30.3 Å². The van der Waals surface area contributed by atoms with Gasteiger partial charge in [-0.25, -0.2) is 14.2 Å². The molecule has 1 aromatic heterocycles. The number of esters is 1. The highest BCUT2D eigenvalue weighted by Crippen LogP contribution is 2.35. The highest BCUT2D eigenvalue weighted by molar-refractivity contribution is 6.35. The molecule has 0 fully saturated rings. The van der Waals surface area contributed by atoms with Crippen LogP contribution in [0.2, 0.25) is 10.0 Å². The number of aromatic amines is 1. The summed E-state index contributed by atoms with van der Waals surface area (Å²) in [5.41, 5.74) is 2.62. The van der Waals surface area contributed by atoms with Crippen LogP contribution < -0.4 is 19.8 Å². The van der Waals surface area contributed by atoms with Gasteiger partial charge in [-0.15, -0.1) is 0 Å². The molecule has 3 aromatic carbocycles. The molecule has 0 amide bonds. The number of hydrogen-bond acceptors (Lipinski definition) is 6. The van der Waals surface area contributed by atoms with Gasteiger partial charge in [0.2, 0.25) is 0 Å². The molecule has 4 rings (SSSR count). The Morgan fingerprint density at radius 2 is 1.64 bits per heavy atom. The van der Waals surface area contributed by atoms with Crippen LogP contribution in [0.3, 0.4) is 0 Å². The summed E-state index contributed by atoms with van der Waals surface area (Å²) in [5.74, 6) is -0.0532. The lowest BCUT2D eigenvalue weighted by Gasteiger charge is -2.21. The van der Waals surface area contributed by atoms with E-state index in [9.17, 15) is 9.18 Å². The summed E-state index contributed by atoms with van der Waals surface area (Å²) in [5, 5.41) is 3.95. The van der Waals surface area contributed by atoms with Crippen molar-refractivity contribution in [3.63, 3.8) is 0 Å². The zero-order valence-electron chi connectivity index (χ0n) is 21.2. The van der Waals surface area contributed by atoms with Crippen LogP contribution in [0.4, 0.5) is 10.1 Å². The average Bonchev–Trinajstić information content (AvgIpc) is 2.94. The number of benzene rings is 3. The fraction of sp³-hybridized carbons (Fsp3) is 0.172. The third kappa shape index (κ3) is 7.38. The number of aromatic nitrogens is 1. The van der Waals surface area contributed by atoms with Gasteiger partial charge in [0.25, 0.3) is 0 Å². The van der Waals surface area contributed by atoms with Crippen LogP contribution in [0, 0.1) is 5.82 Å². The number of nitrogens with one attached hydrogen (secondary N) is 2. The first kappa shape index (κ1) is 29.7. The zero-order chi connectivity index (χ0) is 27.1. The van der Waals surface area contributed by atoms with Gasteiger partial charge in [-0.05, 0) is 48.0 Å². The van der Waals surface area contributed by atoms with Crippen LogP contribution in [0.5, 0.6) is 11.5 Å². The summed E-state index contributed by atoms with van der Waals surface area (Å²) in [4.78, 5) is 16.2. The minimum atomic E-state index is -0.782. The quantitative estimate of drug-likeness (QED) is 0.216. The predicted octanol–water partition coefficient (Wildman–Crippen LogP) is 6.54. The van der Waals surface area contributed by atoms with Gasteiger partial charge < -0.3 is 25.0 Å². The van der Waals surface area contributed by atoms with E-state index >= 15 is 0 Å². The summed E-state index contributed by atoms with van der Waals surface area (Å²) >= 11 is 12.8. The first-order valence-electron chi connectivity index (χ1n) is 11.7. The Hall–Kier alpha value is -3.85. The molecule has 0 unspecified atom stereocenters. The number of halogens is 3. The van der Waals surface area contributed by atoms with Gasteiger partial charge >= 0.3 is 5.97 Å². The average molecular weight is 573 g/mol. The third-order valence-corrected chi connectivity index (χ3v) is 6.63. The summed E-state index contributed by atoms with van der Waals surface area (Å²) in [6, 6.07) is 18.8. The molecule has 1 atom stereocenters. The van der Waals surface area contributed by atoms with Gasteiger partial charge in [0.05, 0.1) is 19.8 Å². The molecule has 1 heterocycles. The van der Waals surface area contributed by atoms with E-state index < -0.39 is 17.9 Å². The lowest BCUT2D eigenvalue weighted by Crippen LogP contribution is -2.16. The summed E-state index contributed by atoms with van der Waals surface area (Å²) in [7, 11) is 3.06. The largest absolute Gasteiger partial charge is 0.870 e. The molecule has 0 saturated carbocycles. The Morgan fingerprint density at radius 1 is 0.949 bits per heavy atom. The molecule has 39 heavy (non-hydrogen) atoms. The van der Waals surface area contributed by atoms with Crippen LogP contribution in [-0.4, -0.2) is 25.7 Å². The second kappa shape index (κ2) is 13.8. The molecule has 0 radical (unpaired) electrons. The maximum Gasteiger partial charge on any atom is 0.338 e. The van der Waals surface area contributed by atoms with E-state index in [4.69, 9.17) is 37.4 Å². The molecule has 7 nitrogen and oxygen atoms in total. The van der Waals surface area contributed by atoms with E-state index in [-0.39, 0.29) is 24.0 Å². The Morgan fingerprint density at radius 3 is 2.31 bits per heavy atom. The van der Waals surface area contributed by atoms with Gasteiger partial charge in [0.15, 0.2) is 23.9 Å². The van der Waals surface area contributed by atoms with Crippen molar-refractivity contribution in [2.24, 2.45) is 0 Å². The van der Waals surface area contributed by atoms with Crippen molar-refractivity contribution < 1.29 is 33.9 Å². The number of ether oxygens (including phenoxy) is 3. The number of carbonyl (C=O) groups is 1. The minimum Gasteiger partial charge on any atom is -0.870 e. The molecule has 0 bridgehead atoms. The number of para-hydroxylation sites is 1. The Kier molecular flexibility index (Phi) is 10.5. The number of anilines is 1. The number of H-pyrrole nitrogens is 1. The van der Waals surface area contributed by atoms with E-state index in [1.54, 1.807) is 30.6 Å². The second-order valence-electron chi connectivity index (χ2n) is 8.37. The molecule has 3 N–H and O–H groups in total. The third-order valence-electron chi connectivity index (χ3n) is 5.95. The molecule has 0 saturated heterocycles. The van der Waals surface area contributed by atoms with Gasteiger partial charge in [0, 0.05) is 29.8 Å². The lowest BCUT2D eigenvalue weighted by molar-refractivity contribution is -0.377. The second-order valence-corrected chi connectivity index (χ2v) is 9.18. The van der Waals surface area contributed by atoms with Crippen LogP contribution in [0.15, 0.2) is 79.1 Å². The highest BCUT2D eigenvalue weighted by atomic mass is 35.5. The Balaban J connectivity index is 0.00000420. The molecular formula is C29H27Cl2FN2O5. The van der Waals surface area contributed by atoms with E-state index in [2.05, 4.69) is 10.3 Å². The Labute approximate surface area is 235 Å². The van der Waals surface area contributed by atoms with E-state index in [0.29, 0.717) is 38.2 Å². The van der Waals surface area contributed by atoms with Gasteiger partial charge in [-0.1, -0.05) is 47.5 Å². The van der Waals surface area contributed by atoms with Crippen molar-refractivity contribution in [3.8, 4) is 11.5 Å². The lowest BCUT2D eigenvalue weighted by atomic mass is 10.0. The number of rotatable bonds is 10. The van der Waals surface area contributed by atoms with E-state index in [1.165, 1.54) is 32.4 Å². The van der Waals surface area contributed by atoms with Crippen LogP contribution in [-0.2, 0) is 17.7 Å². The summed E-state index contributed by atoms with van der Waals surface area (Å²) in [6.45, 7) is 0.196. The standard InChI is InChI=1S/C29H25Cl2FN2O4.H2O/c1-36-26-11-9-18(13-28(26)37-2)27(14-22-23(30)16-33-17-24(22)31)38-29(35)19-8-10-25(32)20(12-19)15-34-21-6-4-3-5-7-21;/h3-13,16-17,27,34H,14-15H2,1-2H3;1H2/t27-;/m0./s1. The first-order chi connectivity index (χ1) is 18.4. The Bertz CT molecular complexity index is 1400. The monoisotopic (exact) mass is 572 g/mol. The maximum atomic E-state index is 14.5. The van der Waals surface area contributed by atoms with Crippen molar-refractivity contribution >= 4 is 34.9 Å². The predicted molar refractivity (Wildman–Crippen MR) is 147 cm³/mol. The maximum absolute atomic E-state index is 14.5. The minimum absolute atomic E-state index is 0. The molecule has 0 aliphatic heterocycles. The molecule has 204 valence electrons. The normalized spacial score (nSPS) is 11.2. The number of methoxy groups -OCH3 is 2. The van der Waals surface area contributed by atoms with Gasteiger partial charge in [-0.2, -0.15) is 0 Å². The molecule has 0 spiro atoms. The van der Waals surface area contributed by atoms with Crippen molar-refractivity contribution in [2.45, 2.75) is 19.1 Å². The number of pyridine rings is 1. The summed E-state index contributed by atoms with van der Waals surface area (Å²) < 4.78 is 31.3. The fourth-order valence-electron chi connectivity index (χ4n) is 3.93. The molecule has 0 aliphatic carbocycles. The topological polar surface area (TPSA) is 101 Å². The number of carbonyl (C=O) groups excluding carboxylic acids is 1. The molecular weight excluding hydrogens is 546 g/mol. The summed E-state index contributed by atoms with van der Waals surface area (Å²) in [6.07, 6.45) is 2.61. The van der Waals surface area contributed by atoms with Crippen LogP contribution in [0.25, 0.3) is 0 Å². The molecule has 10 heteroatoms.